The van der Waals surface area contributed by atoms with E-state index in [2.05, 4.69) is 15.5 Å². The predicted molar refractivity (Wildman–Crippen MR) is 72.1 cm³/mol. The van der Waals surface area contributed by atoms with Crippen LogP contribution in [0.5, 0.6) is 0 Å². The summed E-state index contributed by atoms with van der Waals surface area (Å²) < 4.78 is 1.81. The van der Waals surface area contributed by atoms with Crippen LogP contribution in [0.2, 0.25) is 0 Å². The Morgan fingerprint density at radius 1 is 1.63 bits per heavy atom. The van der Waals surface area contributed by atoms with Crippen LogP contribution in [0, 0.1) is 5.92 Å². The van der Waals surface area contributed by atoms with Crippen molar-refractivity contribution >= 4 is 5.91 Å². The van der Waals surface area contributed by atoms with Gasteiger partial charge in [-0.15, -0.1) is 10.2 Å². The molecular formula is C13H23N5O. The first-order valence-electron chi connectivity index (χ1n) is 6.85. The van der Waals surface area contributed by atoms with E-state index < -0.39 is 5.54 Å². The van der Waals surface area contributed by atoms with Gasteiger partial charge in [0.25, 0.3) is 0 Å². The summed E-state index contributed by atoms with van der Waals surface area (Å²) in [4.78, 5) is 12.4. The number of aromatic nitrogens is 3. The highest BCUT2D eigenvalue weighted by Gasteiger charge is 2.38. The van der Waals surface area contributed by atoms with Gasteiger partial charge in [0.1, 0.15) is 6.33 Å². The second-order valence-corrected chi connectivity index (χ2v) is 5.83. The molecule has 1 heterocycles. The summed E-state index contributed by atoms with van der Waals surface area (Å²) in [6, 6.07) is -0.155. The minimum Gasteiger partial charge on any atom is -0.346 e. The number of nitrogens with two attached hydrogens (primary N) is 1. The largest absolute Gasteiger partial charge is 0.346 e. The van der Waals surface area contributed by atoms with Crippen LogP contribution < -0.4 is 11.1 Å². The van der Waals surface area contributed by atoms with Crippen LogP contribution in [0.4, 0.5) is 0 Å². The molecule has 0 saturated heterocycles. The lowest BCUT2D eigenvalue weighted by molar-refractivity contribution is -0.128. The molecule has 1 amide bonds. The number of rotatable bonds is 3. The van der Waals surface area contributed by atoms with E-state index in [-0.39, 0.29) is 17.9 Å². The first-order chi connectivity index (χ1) is 8.92. The van der Waals surface area contributed by atoms with Gasteiger partial charge in [-0.2, -0.15) is 0 Å². The van der Waals surface area contributed by atoms with Gasteiger partial charge in [0.05, 0.1) is 12.0 Å². The standard InChI is InChI=1S/C13H23N5O/c1-9(11-17-15-8-18(11)3)16-12(19)10-6-4-5-7-13(10,2)14/h8-10H,4-7,14H2,1-3H3,(H,16,19). The Morgan fingerprint density at radius 3 is 2.95 bits per heavy atom. The van der Waals surface area contributed by atoms with Gasteiger partial charge in [0.2, 0.25) is 5.91 Å². The Labute approximate surface area is 113 Å². The fourth-order valence-corrected chi connectivity index (χ4v) is 2.85. The molecule has 1 aromatic rings. The zero-order valence-electron chi connectivity index (χ0n) is 11.9. The summed E-state index contributed by atoms with van der Waals surface area (Å²) >= 11 is 0. The molecule has 0 aliphatic heterocycles. The summed E-state index contributed by atoms with van der Waals surface area (Å²) in [6.45, 7) is 3.89. The molecule has 1 saturated carbocycles. The lowest BCUT2D eigenvalue weighted by atomic mass is 9.74. The Kier molecular flexibility index (Phi) is 3.89. The quantitative estimate of drug-likeness (QED) is 0.850. The van der Waals surface area contributed by atoms with Crippen LogP contribution in [0.25, 0.3) is 0 Å². The first kappa shape index (κ1) is 14.0. The van der Waals surface area contributed by atoms with E-state index in [1.807, 2.05) is 25.5 Å². The number of nitrogens with one attached hydrogen (secondary N) is 1. The predicted octanol–water partition coefficient (Wildman–Crippen LogP) is 0.900. The Morgan fingerprint density at radius 2 is 2.37 bits per heavy atom. The highest BCUT2D eigenvalue weighted by atomic mass is 16.2. The topological polar surface area (TPSA) is 85.8 Å². The van der Waals surface area contributed by atoms with Crippen molar-refractivity contribution in [3.05, 3.63) is 12.2 Å². The second kappa shape index (κ2) is 5.28. The third-order valence-corrected chi connectivity index (χ3v) is 4.06. The minimum atomic E-state index is -0.401. The van der Waals surface area contributed by atoms with E-state index in [4.69, 9.17) is 5.73 Å². The summed E-state index contributed by atoms with van der Waals surface area (Å²) in [7, 11) is 1.87. The molecule has 2 rings (SSSR count). The average molecular weight is 265 g/mol. The van der Waals surface area contributed by atoms with E-state index in [9.17, 15) is 4.79 Å². The highest BCUT2D eigenvalue weighted by molar-refractivity contribution is 5.80. The van der Waals surface area contributed by atoms with Crippen molar-refractivity contribution in [3.63, 3.8) is 0 Å². The molecule has 19 heavy (non-hydrogen) atoms. The molecule has 1 aliphatic carbocycles. The van der Waals surface area contributed by atoms with Gasteiger partial charge in [0, 0.05) is 12.6 Å². The summed E-state index contributed by atoms with van der Waals surface area (Å²) in [6.07, 6.45) is 5.58. The Balaban J connectivity index is 2.03. The summed E-state index contributed by atoms with van der Waals surface area (Å²) in [5, 5.41) is 10.9. The Hall–Kier alpha value is -1.43. The lowest BCUT2D eigenvalue weighted by Crippen LogP contribution is -2.53. The van der Waals surface area contributed by atoms with Crippen molar-refractivity contribution in [2.45, 2.75) is 51.1 Å². The van der Waals surface area contributed by atoms with Crippen molar-refractivity contribution in [3.8, 4) is 0 Å². The number of nitrogens with zero attached hydrogens (tertiary/aromatic N) is 3. The summed E-state index contributed by atoms with van der Waals surface area (Å²) in [5.41, 5.74) is 5.85. The maximum absolute atomic E-state index is 12.4. The molecule has 3 atom stereocenters. The van der Waals surface area contributed by atoms with E-state index in [1.165, 1.54) is 0 Å². The van der Waals surface area contributed by atoms with Crippen LogP contribution in [0.1, 0.15) is 51.4 Å². The molecule has 6 heteroatoms. The fraction of sp³-hybridized carbons (Fsp3) is 0.769. The third kappa shape index (κ3) is 2.94. The van der Waals surface area contributed by atoms with Crippen LogP contribution in [0.3, 0.4) is 0 Å². The van der Waals surface area contributed by atoms with Gasteiger partial charge >= 0.3 is 0 Å². The van der Waals surface area contributed by atoms with Gasteiger partial charge in [-0.25, -0.2) is 0 Å². The average Bonchev–Trinajstić information content (AvgIpc) is 2.74. The number of hydrogen-bond acceptors (Lipinski definition) is 4. The van der Waals surface area contributed by atoms with Crippen LogP contribution in [-0.2, 0) is 11.8 Å². The van der Waals surface area contributed by atoms with Crippen molar-refractivity contribution in [1.82, 2.24) is 20.1 Å². The third-order valence-electron chi connectivity index (χ3n) is 4.06. The number of hydrogen-bond donors (Lipinski definition) is 2. The van der Waals surface area contributed by atoms with Crippen molar-refractivity contribution in [1.29, 1.82) is 0 Å². The van der Waals surface area contributed by atoms with E-state index in [1.54, 1.807) is 6.33 Å². The zero-order chi connectivity index (χ0) is 14.0. The normalized spacial score (nSPS) is 28.9. The highest BCUT2D eigenvalue weighted by Crippen LogP contribution is 2.32. The smallest absolute Gasteiger partial charge is 0.225 e. The van der Waals surface area contributed by atoms with E-state index in [0.717, 1.165) is 31.5 Å². The molecule has 0 radical (unpaired) electrons. The SMILES string of the molecule is CC(NC(=O)C1CCCCC1(C)N)c1nncn1C. The van der Waals surface area contributed by atoms with Crippen LogP contribution >= 0.6 is 0 Å². The molecule has 0 aromatic carbocycles. The van der Waals surface area contributed by atoms with Gasteiger partial charge in [-0.3, -0.25) is 4.79 Å². The molecule has 3 N–H and O–H groups in total. The van der Waals surface area contributed by atoms with Gasteiger partial charge < -0.3 is 15.6 Å². The number of aryl methyl sites for hydroxylation is 1. The van der Waals surface area contributed by atoms with Gasteiger partial charge in [0.15, 0.2) is 5.82 Å². The lowest BCUT2D eigenvalue weighted by Gasteiger charge is -2.37. The molecule has 0 spiro atoms. The zero-order valence-corrected chi connectivity index (χ0v) is 11.9. The number of carbonyl (C=O) groups is 1. The molecule has 1 fully saturated rings. The van der Waals surface area contributed by atoms with E-state index >= 15 is 0 Å². The summed E-state index contributed by atoms with van der Waals surface area (Å²) in [5.74, 6) is 0.667. The number of amides is 1. The molecule has 1 aromatic heterocycles. The monoisotopic (exact) mass is 265 g/mol. The molecule has 3 unspecified atom stereocenters. The first-order valence-corrected chi connectivity index (χ1v) is 6.85. The minimum absolute atomic E-state index is 0.0280. The molecular weight excluding hydrogens is 242 g/mol. The number of carbonyl (C=O) groups excluding carboxylic acids is 1. The maximum Gasteiger partial charge on any atom is 0.225 e. The molecule has 6 nitrogen and oxygen atoms in total. The van der Waals surface area contributed by atoms with Crippen molar-refractivity contribution < 1.29 is 4.79 Å². The van der Waals surface area contributed by atoms with Gasteiger partial charge in [-0.1, -0.05) is 12.8 Å². The molecule has 0 bridgehead atoms. The Bertz CT molecular complexity index is 454. The van der Waals surface area contributed by atoms with Gasteiger partial charge in [-0.05, 0) is 26.7 Å². The van der Waals surface area contributed by atoms with Crippen LogP contribution in [-0.4, -0.2) is 26.2 Å². The maximum atomic E-state index is 12.4. The van der Waals surface area contributed by atoms with Crippen molar-refractivity contribution in [2.75, 3.05) is 0 Å². The van der Waals surface area contributed by atoms with Crippen molar-refractivity contribution in [2.24, 2.45) is 18.7 Å². The molecule has 1 aliphatic rings. The molecule has 106 valence electrons. The fourth-order valence-electron chi connectivity index (χ4n) is 2.85. The van der Waals surface area contributed by atoms with Crippen LogP contribution in [0.15, 0.2) is 6.33 Å². The van der Waals surface area contributed by atoms with E-state index in [0.29, 0.717) is 0 Å². The second-order valence-electron chi connectivity index (χ2n) is 5.83.